The summed E-state index contributed by atoms with van der Waals surface area (Å²) in [6.07, 6.45) is 0.823. The standard InChI is InChI=1S/C26H30N4O2.C2H2O4/c1-3-22-19(2)26(21-11-7-8-12-23(21)27-22)28-25(32)18-30-15-13-29(14-16-30)17-24(31)20-9-5-4-6-10-20;3-1(4)2(5)6/h4-12H,3,13-18H2,1-2H3,(H,27,28,32);(H,3,4)(H,5,6). The van der Waals surface area contributed by atoms with Crippen molar-refractivity contribution < 1.29 is 29.4 Å². The molecular weight excluding hydrogens is 488 g/mol. The van der Waals surface area contributed by atoms with Crippen LogP contribution in [0.25, 0.3) is 10.9 Å². The molecule has 38 heavy (non-hydrogen) atoms. The van der Waals surface area contributed by atoms with E-state index in [2.05, 4.69) is 22.0 Å². The number of carboxylic acids is 2. The third kappa shape index (κ3) is 7.67. The van der Waals surface area contributed by atoms with Gasteiger partial charge in [0.05, 0.1) is 24.3 Å². The summed E-state index contributed by atoms with van der Waals surface area (Å²) in [6, 6.07) is 17.3. The zero-order valence-electron chi connectivity index (χ0n) is 21.5. The van der Waals surface area contributed by atoms with Crippen LogP contribution in [0, 0.1) is 6.92 Å². The van der Waals surface area contributed by atoms with Crippen LogP contribution in [0.5, 0.6) is 0 Å². The lowest BCUT2D eigenvalue weighted by molar-refractivity contribution is -0.159. The Morgan fingerprint density at radius 2 is 1.39 bits per heavy atom. The molecular formula is C28H32N4O6. The normalized spacial score (nSPS) is 13.8. The molecule has 0 radical (unpaired) electrons. The zero-order chi connectivity index (χ0) is 27.7. The van der Waals surface area contributed by atoms with Gasteiger partial charge >= 0.3 is 11.9 Å². The second-order valence-corrected chi connectivity index (χ2v) is 8.93. The number of fused-ring (bicyclic) bond motifs is 1. The second kappa shape index (κ2) is 13.4. The number of Topliss-reactive ketones (excluding diaryl/α,β-unsaturated/α-hetero) is 1. The van der Waals surface area contributed by atoms with E-state index < -0.39 is 11.9 Å². The lowest BCUT2D eigenvalue weighted by Gasteiger charge is -2.33. The third-order valence-corrected chi connectivity index (χ3v) is 6.31. The van der Waals surface area contributed by atoms with E-state index in [0.29, 0.717) is 13.1 Å². The van der Waals surface area contributed by atoms with Crippen molar-refractivity contribution in [1.82, 2.24) is 14.8 Å². The largest absolute Gasteiger partial charge is 0.473 e. The van der Waals surface area contributed by atoms with Gasteiger partial charge in [-0.2, -0.15) is 0 Å². The number of hydrogen-bond acceptors (Lipinski definition) is 7. The van der Waals surface area contributed by atoms with E-state index in [1.807, 2.05) is 61.5 Å². The van der Waals surface area contributed by atoms with Gasteiger partial charge in [-0.05, 0) is 25.0 Å². The van der Waals surface area contributed by atoms with Gasteiger partial charge in [0.1, 0.15) is 0 Å². The molecule has 1 aromatic heterocycles. The number of pyridine rings is 1. The lowest BCUT2D eigenvalue weighted by atomic mass is 10.1. The average molecular weight is 521 g/mol. The summed E-state index contributed by atoms with van der Waals surface area (Å²) < 4.78 is 0. The van der Waals surface area contributed by atoms with E-state index in [1.54, 1.807) is 0 Å². The molecule has 0 spiro atoms. The molecule has 4 rings (SSSR count). The minimum atomic E-state index is -1.82. The van der Waals surface area contributed by atoms with E-state index in [-0.39, 0.29) is 11.7 Å². The molecule has 0 saturated carbocycles. The minimum Gasteiger partial charge on any atom is -0.473 e. The fourth-order valence-electron chi connectivity index (χ4n) is 4.27. The Kier molecular flexibility index (Phi) is 10.0. The first-order valence-electron chi connectivity index (χ1n) is 12.4. The van der Waals surface area contributed by atoms with Crippen molar-refractivity contribution in [3.8, 4) is 0 Å². The molecule has 1 aliphatic rings. The number of nitrogens with one attached hydrogen (secondary N) is 1. The van der Waals surface area contributed by atoms with Crippen LogP contribution in [0.2, 0.25) is 0 Å². The Morgan fingerprint density at radius 1 is 0.842 bits per heavy atom. The predicted octanol–water partition coefficient (Wildman–Crippen LogP) is 2.70. The van der Waals surface area contributed by atoms with E-state index in [4.69, 9.17) is 24.8 Å². The van der Waals surface area contributed by atoms with Crippen LogP contribution >= 0.6 is 0 Å². The van der Waals surface area contributed by atoms with Gasteiger partial charge in [0.2, 0.25) is 5.91 Å². The molecule has 1 fully saturated rings. The summed E-state index contributed by atoms with van der Waals surface area (Å²) in [5.41, 5.74) is 4.56. The van der Waals surface area contributed by atoms with E-state index in [0.717, 1.165) is 66.0 Å². The van der Waals surface area contributed by atoms with Crippen molar-refractivity contribution in [2.24, 2.45) is 0 Å². The van der Waals surface area contributed by atoms with Gasteiger partial charge in [-0.15, -0.1) is 0 Å². The third-order valence-electron chi connectivity index (χ3n) is 6.31. The monoisotopic (exact) mass is 520 g/mol. The van der Waals surface area contributed by atoms with Crippen LogP contribution in [0.3, 0.4) is 0 Å². The molecule has 1 amide bonds. The number of carbonyl (C=O) groups excluding carboxylic acids is 2. The lowest BCUT2D eigenvalue weighted by Crippen LogP contribution is -2.49. The quantitative estimate of drug-likeness (QED) is 0.317. The molecule has 0 bridgehead atoms. The Bertz CT molecular complexity index is 1290. The summed E-state index contributed by atoms with van der Waals surface area (Å²) in [5.74, 6) is -3.52. The number of amides is 1. The Balaban J connectivity index is 0.000000599. The molecule has 1 aliphatic heterocycles. The first kappa shape index (κ1) is 28.4. The van der Waals surface area contributed by atoms with Crippen molar-refractivity contribution in [3.05, 3.63) is 71.4 Å². The summed E-state index contributed by atoms with van der Waals surface area (Å²) in [6.45, 7) is 7.97. The Labute approximate surface area is 220 Å². The molecule has 2 aromatic carbocycles. The molecule has 0 unspecified atom stereocenters. The minimum absolute atomic E-state index is 0.0136. The van der Waals surface area contributed by atoms with Crippen LogP contribution < -0.4 is 5.32 Å². The number of rotatable bonds is 7. The molecule has 3 N–H and O–H groups in total. The summed E-state index contributed by atoms with van der Waals surface area (Å²) in [5, 5.41) is 18.9. The molecule has 10 heteroatoms. The van der Waals surface area contributed by atoms with Crippen molar-refractivity contribution in [2.45, 2.75) is 20.3 Å². The van der Waals surface area contributed by atoms with Crippen molar-refractivity contribution >= 4 is 40.2 Å². The smallest absolute Gasteiger partial charge is 0.414 e. The molecule has 1 saturated heterocycles. The number of hydrogen-bond donors (Lipinski definition) is 3. The summed E-state index contributed by atoms with van der Waals surface area (Å²) >= 11 is 0. The second-order valence-electron chi connectivity index (χ2n) is 8.93. The highest BCUT2D eigenvalue weighted by molar-refractivity contribution is 6.27. The highest BCUT2D eigenvalue weighted by Gasteiger charge is 2.22. The SMILES string of the molecule is CCc1nc2ccccc2c(NC(=O)CN2CCN(CC(=O)c3ccccc3)CC2)c1C.O=C(O)C(=O)O. The maximum absolute atomic E-state index is 12.9. The number of ketones is 1. The Hall–Kier alpha value is -4.15. The van der Waals surface area contributed by atoms with Crippen molar-refractivity contribution in [1.29, 1.82) is 0 Å². The Morgan fingerprint density at radius 3 is 1.97 bits per heavy atom. The number of para-hydroxylation sites is 1. The van der Waals surface area contributed by atoms with Gasteiger partial charge in [0.15, 0.2) is 5.78 Å². The maximum atomic E-state index is 12.9. The fraction of sp³-hybridized carbons (Fsp3) is 0.321. The van der Waals surface area contributed by atoms with Crippen LogP contribution in [0.15, 0.2) is 54.6 Å². The number of nitrogens with zero attached hydrogens (tertiary/aromatic N) is 3. The summed E-state index contributed by atoms with van der Waals surface area (Å²) in [4.78, 5) is 52.6. The van der Waals surface area contributed by atoms with Crippen molar-refractivity contribution in [3.63, 3.8) is 0 Å². The molecule has 0 atom stereocenters. The highest BCUT2D eigenvalue weighted by atomic mass is 16.4. The molecule has 0 aliphatic carbocycles. The van der Waals surface area contributed by atoms with Gasteiger partial charge in [-0.25, -0.2) is 9.59 Å². The van der Waals surface area contributed by atoms with Crippen LogP contribution in [0.1, 0.15) is 28.5 Å². The molecule has 3 aromatic rings. The van der Waals surface area contributed by atoms with E-state index in [1.165, 1.54) is 0 Å². The average Bonchev–Trinajstić information content (AvgIpc) is 2.92. The van der Waals surface area contributed by atoms with Crippen molar-refractivity contribution in [2.75, 3.05) is 44.6 Å². The van der Waals surface area contributed by atoms with E-state index >= 15 is 0 Å². The van der Waals surface area contributed by atoms with Gasteiger partial charge < -0.3 is 15.5 Å². The molecule has 2 heterocycles. The number of piperazine rings is 1. The van der Waals surface area contributed by atoms with Gasteiger partial charge in [-0.3, -0.25) is 24.4 Å². The molecule has 10 nitrogen and oxygen atoms in total. The number of aromatic nitrogens is 1. The number of benzene rings is 2. The number of anilines is 1. The maximum Gasteiger partial charge on any atom is 0.414 e. The molecule has 200 valence electrons. The zero-order valence-corrected chi connectivity index (χ0v) is 21.5. The van der Waals surface area contributed by atoms with Crippen LogP contribution in [0.4, 0.5) is 5.69 Å². The van der Waals surface area contributed by atoms with Crippen LogP contribution in [-0.4, -0.2) is 87.9 Å². The first-order valence-corrected chi connectivity index (χ1v) is 12.4. The number of carboxylic acid groups (broad SMARTS) is 2. The van der Waals surface area contributed by atoms with Gasteiger partial charge in [-0.1, -0.05) is 55.5 Å². The van der Waals surface area contributed by atoms with E-state index in [9.17, 15) is 9.59 Å². The first-order chi connectivity index (χ1) is 18.2. The topological polar surface area (TPSA) is 140 Å². The van der Waals surface area contributed by atoms with Gasteiger partial charge in [0.25, 0.3) is 0 Å². The fourth-order valence-corrected chi connectivity index (χ4v) is 4.27. The highest BCUT2D eigenvalue weighted by Crippen LogP contribution is 2.28. The van der Waals surface area contributed by atoms with Gasteiger partial charge in [0, 0.05) is 42.8 Å². The number of carbonyl (C=O) groups is 4. The predicted molar refractivity (Wildman–Crippen MR) is 143 cm³/mol. The number of aryl methyl sites for hydroxylation is 1. The summed E-state index contributed by atoms with van der Waals surface area (Å²) in [7, 11) is 0. The van der Waals surface area contributed by atoms with Crippen LogP contribution in [-0.2, 0) is 20.8 Å². The number of aliphatic carboxylic acids is 2.